The third-order valence-electron chi connectivity index (χ3n) is 3.46. The van der Waals surface area contributed by atoms with E-state index in [1.54, 1.807) is 19.2 Å². The number of rotatable bonds is 2. The molecule has 0 fully saturated rings. The maximum atomic E-state index is 11.6. The first kappa shape index (κ1) is 22.5. The molecule has 0 spiro atoms. The molecular weight excluding hydrogens is 436 g/mol. The summed E-state index contributed by atoms with van der Waals surface area (Å²) in [5.41, 5.74) is 4.45. The van der Waals surface area contributed by atoms with Crippen molar-refractivity contribution in [2.75, 3.05) is 0 Å². The number of halogens is 2. The van der Waals surface area contributed by atoms with Crippen molar-refractivity contribution < 1.29 is 64.0 Å². The number of allylic oxidation sites excluding steroid dienone is 7. The van der Waals surface area contributed by atoms with Crippen LogP contribution in [0.3, 0.4) is 0 Å². The Hall–Kier alpha value is -0.517. The van der Waals surface area contributed by atoms with Gasteiger partial charge in [-0.25, -0.2) is 0 Å². The summed E-state index contributed by atoms with van der Waals surface area (Å²) in [6.07, 6.45) is 5.39. The molecular formula is C15H13Cl2NO3SZr. The van der Waals surface area contributed by atoms with Crippen LogP contribution in [0.5, 0.6) is 0 Å². The van der Waals surface area contributed by atoms with E-state index >= 15 is 0 Å². The predicted molar refractivity (Wildman–Crippen MR) is 77.2 cm³/mol. The summed E-state index contributed by atoms with van der Waals surface area (Å²) < 4.78 is 32.6. The summed E-state index contributed by atoms with van der Waals surface area (Å²) in [6, 6.07) is 5.59. The molecule has 23 heavy (non-hydrogen) atoms. The van der Waals surface area contributed by atoms with Gasteiger partial charge in [0, 0.05) is 17.3 Å². The van der Waals surface area contributed by atoms with Gasteiger partial charge in [0.05, 0.1) is 5.69 Å². The van der Waals surface area contributed by atoms with Crippen LogP contribution in [0.4, 0.5) is 0 Å². The van der Waals surface area contributed by atoms with Gasteiger partial charge in [0.15, 0.2) is 0 Å². The first-order chi connectivity index (χ1) is 9.39. The van der Waals surface area contributed by atoms with Crippen molar-refractivity contribution in [3.05, 3.63) is 69.4 Å². The SMILES string of the molecule is CC1=C2C(=CC(C)=C2S(=O)(=O)O)C(c2ccccn2)=C1.[Cl-].[Cl-].[Zr+2]. The minimum Gasteiger partial charge on any atom is -1.00 e. The molecule has 0 radical (unpaired) electrons. The number of nitrogens with zero attached hydrogens (tertiary/aromatic N) is 1. The van der Waals surface area contributed by atoms with Gasteiger partial charge in [0.1, 0.15) is 4.91 Å². The normalized spacial score (nSPS) is 16.0. The molecule has 3 rings (SSSR count). The van der Waals surface area contributed by atoms with Gasteiger partial charge in [-0.15, -0.1) is 0 Å². The number of fused-ring (bicyclic) bond motifs is 1. The van der Waals surface area contributed by atoms with E-state index in [1.807, 2.05) is 31.2 Å². The van der Waals surface area contributed by atoms with Crippen molar-refractivity contribution in [2.24, 2.45) is 0 Å². The Balaban J connectivity index is 0.00000161. The summed E-state index contributed by atoms with van der Waals surface area (Å²) >= 11 is 0. The monoisotopic (exact) mass is 447 g/mol. The zero-order valence-electron chi connectivity index (χ0n) is 12.3. The second-order valence-electron chi connectivity index (χ2n) is 4.88. The van der Waals surface area contributed by atoms with Gasteiger partial charge >= 0.3 is 26.2 Å². The number of hydrogen-bond donors (Lipinski definition) is 1. The Morgan fingerprint density at radius 2 is 1.61 bits per heavy atom. The number of hydrogen-bond acceptors (Lipinski definition) is 3. The predicted octanol–water partition coefficient (Wildman–Crippen LogP) is -3.10. The van der Waals surface area contributed by atoms with E-state index in [2.05, 4.69) is 4.98 Å². The minimum atomic E-state index is -4.23. The Bertz CT molecular complexity index is 841. The maximum Gasteiger partial charge on any atom is 2.00 e. The second kappa shape index (κ2) is 8.04. The van der Waals surface area contributed by atoms with Crippen LogP contribution >= 0.6 is 0 Å². The molecule has 0 bridgehead atoms. The molecule has 8 heteroatoms. The van der Waals surface area contributed by atoms with Crippen molar-refractivity contribution in [1.82, 2.24) is 4.98 Å². The van der Waals surface area contributed by atoms with Gasteiger partial charge in [-0.3, -0.25) is 9.54 Å². The molecule has 2 aliphatic rings. The third-order valence-corrected chi connectivity index (χ3v) is 4.50. The van der Waals surface area contributed by atoms with Crippen LogP contribution in [0.15, 0.2) is 63.7 Å². The van der Waals surface area contributed by atoms with Gasteiger partial charge in [0.25, 0.3) is 10.1 Å². The van der Waals surface area contributed by atoms with Crippen LogP contribution in [0.25, 0.3) is 5.57 Å². The Morgan fingerprint density at radius 1 is 1.00 bits per heavy atom. The third kappa shape index (κ3) is 3.94. The van der Waals surface area contributed by atoms with Crippen molar-refractivity contribution in [3.8, 4) is 0 Å². The molecule has 0 aromatic carbocycles. The van der Waals surface area contributed by atoms with E-state index in [0.717, 1.165) is 22.4 Å². The van der Waals surface area contributed by atoms with Crippen molar-refractivity contribution >= 4 is 15.7 Å². The Labute approximate surface area is 167 Å². The van der Waals surface area contributed by atoms with Crippen molar-refractivity contribution in [3.63, 3.8) is 0 Å². The quantitative estimate of drug-likeness (QED) is 0.486. The molecule has 0 saturated carbocycles. The molecule has 1 aromatic heterocycles. The molecule has 0 unspecified atom stereocenters. The molecule has 1 heterocycles. The molecule has 0 atom stereocenters. The minimum absolute atomic E-state index is 0. The van der Waals surface area contributed by atoms with Gasteiger partial charge < -0.3 is 24.8 Å². The zero-order valence-corrected chi connectivity index (χ0v) is 17.1. The summed E-state index contributed by atoms with van der Waals surface area (Å²) in [6.45, 7) is 3.52. The van der Waals surface area contributed by atoms with Crippen molar-refractivity contribution in [2.45, 2.75) is 13.8 Å². The zero-order chi connectivity index (χ0) is 14.5. The van der Waals surface area contributed by atoms with Crippen LogP contribution in [0.2, 0.25) is 0 Å². The topological polar surface area (TPSA) is 67.3 Å². The van der Waals surface area contributed by atoms with Crippen LogP contribution in [0, 0.1) is 0 Å². The van der Waals surface area contributed by atoms with Gasteiger partial charge in [-0.05, 0) is 54.9 Å². The maximum absolute atomic E-state index is 11.6. The summed E-state index contributed by atoms with van der Waals surface area (Å²) in [4.78, 5) is 4.31. The molecule has 0 aliphatic heterocycles. The van der Waals surface area contributed by atoms with E-state index in [9.17, 15) is 13.0 Å². The van der Waals surface area contributed by atoms with Gasteiger partial charge in [-0.2, -0.15) is 8.42 Å². The van der Waals surface area contributed by atoms with Crippen LogP contribution in [0.1, 0.15) is 19.5 Å². The molecule has 0 saturated heterocycles. The van der Waals surface area contributed by atoms with Crippen LogP contribution in [-0.2, 0) is 36.3 Å². The fraction of sp³-hybridized carbons (Fsp3) is 0.133. The van der Waals surface area contributed by atoms with Gasteiger partial charge in [0.2, 0.25) is 0 Å². The number of aromatic nitrogens is 1. The number of pyridine rings is 1. The van der Waals surface area contributed by atoms with Crippen LogP contribution in [-0.4, -0.2) is 18.0 Å². The van der Waals surface area contributed by atoms with Crippen molar-refractivity contribution in [1.29, 1.82) is 0 Å². The molecule has 1 aromatic rings. The van der Waals surface area contributed by atoms with Gasteiger partial charge in [-0.1, -0.05) is 6.07 Å². The molecule has 120 valence electrons. The largest absolute Gasteiger partial charge is 2.00 e. The summed E-state index contributed by atoms with van der Waals surface area (Å²) in [5, 5.41) is 0. The first-order valence-electron chi connectivity index (χ1n) is 6.15. The second-order valence-corrected chi connectivity index (χ2v) is 6.23. The molecule has 2 aliphatic carbocycles. The summed E-state index contributed by atoms with van der Waals surface area (Å²) in [5.74, 6) is 0. The first-order valence-corrected chi connectivity index (χ1v) is 7.59. The average molecular weight is 449 g/mol. The Morgan fingerprint density at radius 3 is 2.13 bits per heavy atom. The fourth-order valence-corrected chi connectivity index (χ4v) is 3.71. The fourth-order valence-electron chi connectivity index (χ4n) is 2.71. The smallest absolute Gasteiger partial charge is 1.00 e. The van der Waals surface area contributed by atoms with E-state index in [1.165, 1.54) is 0 Å². The van der Waals surface area contributed by atoms with Crippen LogP contribution < -0.4 is 24.8 Å². The molecule has 1 N–H and O–H groups in total. The molecule has 4 nitrogen and oxygen atoms in total. The summed E-state index contributed by atoms with van der Waals surface area (Å²) in [7, 11) is -4.23. The van der Waals surface area contributed by atoms with E-state index < -0.39 is 10.1 Å². The molecule has 0 amide bonds. The van der Waals surface area contributed by atoms with E-state index in [4.69, 9.17) is 0 Å². The van der Waals surface area contributed by atoms with E-state index in [-0.39, 0.29) is 55.9 Å². The Kier molecular flexibility index (Phi) is 7.86. The average Bonchev–Trinajstić information content (AvgIpc) is 2.87. The standard InChI is InChI=1S/C15H13NO3S.2ClH.Zr/c1-9-7-11(13-5-3-4-6-16-13)12-8-10(2)15(14(9)12)20(17,18)19;;;/h3-8H,1-2H3,(H,17,18,19);2*1H;/q;;;+2/p-2. The van der Waals surface area contributed by atoms with E-state index in [0.29, 0.717) is 11.1 Å².